The summed E-state index contributed by atoms with van der Waals surface area (Å²) in [6, 6.07) is 18.1. The maximum Gasteiger partial charge on any atom is 0.335 e. The number of rotatable bonds is 32. The fourth-order valence-corrected chi connectivity index (χ4v) is 11.7. The Morgan fingerprint density at radius 2 is 0.845 bits per heavy atom. The molecule has 0 aliphatic rings. The maximum atomic E-state index is 13.8. The highest BCUT2D eigenvalue weighted by Gasteiger charge is 2.27. The highest BCUT2D eigenvalue weighted by molar-refractivity contribution is 6.11. The number of imidazole rings is 2. The molecule has 0 unspecified atom stereocenters. The van der Waals surface area contributed by atoms with Gasteiger partial charge in [-0.15, -0.1) is 0 Å². The largest absolute Gasteiger partial charge is 0.478 e. The van der Waals surface area contributed by atoms with Crippen molar-refractivity contribution in [2.45, 2.75) is 25.3 Å². The van der Waals surface area contributed by atoms with Gasteiger partial charge in [-0.1, -0.05) is 6.07 Å². The lowest BCUT2D eigenvalue weighted by molar-refractivity contribution is -0.384. The minimum Gasteiger partial charge on any atom is -0.478 e. The molecule has 0 spiro atoms. The van der Waals surface area contributed by atoms with Crippen molar-refractivity contribution >= 4 is 117 Å². The molecule has 38 heteroatoms. The van der Waals surface area contributed by atoms with Crippen LogP contribution in [0.2, 0.25) is 0 Å². The zero-order valence-electron chi connectivity index (χ0n) is 61.0. The van der Waals surface area contributed by atoms with Crippen LogP contribution < -0.4 is 58.5 Å². The number of benzene rings is 2. The van der Waals surface area contributed by atoms with E-state index in [4.69, 9.17) is 0 Å². The minimum absolute atomic E-state index is 0.00112. The molecule has 11 amide bonds. The van der Waals surface area contributed by atoms with Gasteiger partial charge in [-0.05, 0) is 99.7 Å². The summed E-state index contributed by atoms with van der Waals surface area (Å²) < 4.78 is 11.8. The van der Waals surface area contributed by atoms with Gasteiger partial charge in [0.25, 0.3) is 64.8 Å². The SMILES string of the molecule is CN(CCCNC(=O)c1cccc(C(=O)O)c1)CCCNC(=O)c1cc(NC(=O)c2cc(NC(=O)c3cc(NC(=O)c4nc(NC(=O)C[C@@H](CNC(=O)c5cc(NC(=O)c6cc(NC(=O)c7cc(NC(=O)c8nccn8C)cn7C)cn6C)cn5C)NC(=O)c5ccc([N+](=O)[O-])cc5)cn4C)cn3C)cn2C)cn1C. The van der Waals surface area contributed by atoms with E-state index in [1.165, 1.54) is 138 Å². The van der Waals surface area contributed by atoms with E-state index < -0.39 is 76.5 Å². The minimum atomic E-state index is -1.14. The van der Waals surface area contributed by atoms with Crippen LogP contribution in [0.3, 0.4) is 0 Å². The van der Waals surface area contributed by atoms with E-state index in [1.54, 1.807) is 83.1 Å². The van der Waals surface area contributed by atoms with Gasteiger partial charge in [-0.2, -0.15) is 0 Å². The lowest BCUT2D eigenvalue weighted by atomic mass is 10.1. The molecule has 0 bridgehead atoms. The van der Waals surface area contributed by atoms with E-state index in [2.05, 4.69) is 73.4 Å². The molecule has 0 radical (unpaired) electrons. The first kappa shape index (κ1) is 78.1. The Balaban J connectivity index is 0.689. The number of nitrogens with zero attached hydrogens (tertiary/aromatic N) is 12. The van der Waals surface area contributed by atoms with Crippen LogP contribution in [0.15, 0.2) is 141 Å². The number of carbonyl (C=O) groups excluding carboxylic acids is 11. The Hall–Kier alpha value is -14.5. The third-order valence-electron chi connectivity index (χ3n) is 17.3. The molecule has 0 aliphatic heterocycles. The highest BCUT2D eigenvalue weighted by atomic mass is 16.6. The van der Waals surface area contributed by atoms with Crippen LogP contribution >= 0.6 is 0 Å². The molecule has 10 rings (SSSR count). The van der Waals surface area contributed by atoms with E-state index in [-0.39, 0.29) is 109 Å². The Kier molecular flexibility index (Phi) is 24.3. The van der Waals surface area contributed by atoms with Crippen LogP contribution in [0.4, 0.5) is 45.6 Å². The number of non-ortho nitro benzene ring substituents is 1. The first-order valence-electron chi connectivity index (χ1n) is 33.9. The number of aromatic carboxylic acids is 1. The van der Waals surface area contributed by atoms with Gasteiger partial charge in [0.05, 0.1) is 50.7 Å². The van der Waals surface area contributed by atoms with Crippen molar-refractivity contribution in [3.8, 4) is 0 Å². The molecule has 110 heavy (non-hydrogen) atoms. The van der Waals surface area contributed by atoms with Crippen molar-refractivity contribution in [3.05, 3.63) is 213 Å². The summed E-state index contributed by atoms with van der Waals surface area (Å²) in [5.41, 5.74) is 2.56. The van der Waals surface area contributed by atoms with Gasteiger partial charge in [0.1, 0.15) is 34.2 Å². The number of anilines is 7. The number of carbonyl (C=O) groups is 12. The molecule has 8 heterocycles. The molecule has 2 aromatic carbocycles. The first-order valence-corrected chi connectivity index (χ1v) is 33.9. The van der Waals surface area contributed by atoms with Crippen LogP contribution in [0, 0.1) is 10.1 Å². The molecule has 1 atom stereocenters. The van der Waals surface area contributed by atoms with Crippen LogP contribution in [-0.2, 0) is 61.2 Å². The number of hydrogen-bond donors (Lipinski definition) is 12. The molecule has 12 N–H and O–H groups in total. The summed E-state index contributed by atoms with van der Waals surface area (Å²) >= 11 is 0. The average molecular weight is 1510 g/mol. The van der Waals surface area contributed by atoms with Crippen molar-refractivity contribution in [1.82, 2.24) is 72.7 Å². The zero-order chi connectivity index (χ0) is 79.4. The molecule has 38 nitrogen and oxygen atoms in total. The van der Waals surface area contributed by atoms with Gasteiger partial charge in [0, 0.05) is 161 Å². The molecule has 8 aromatic heterocycles. The Labute approximate surface area is 626 Å². The normalized spacial score (nSPS) is 11.3. The number of aryl methyl sites for hydroxylation is 8. The van der Waals surface area contributed by atoms with E-state index in [1.807, 2.05) is 7.05 Å². The van der Waals surface area contributed by atoms with E-state index in [9.17, 15) is 72.8 Å². The number of nitro groups is 1. The number of nitrogens with one attached hydrogen (secondary N) is 11. The topological polar surface area (TPSA) is 469 Å². The van der Waals surface area contributed by atoms with Gasteiger partial charge in [0.2, 0.25) is 11.7 Å². The standard InChI is InChI=1S/C72H79N23O15/c1-86(22-11-19-74-62(97)42-13-10-14-43(25-42)72(107)108)23-12-20-75-64(99)52-26-45(34-88(52)3)78-66(101)54-28-48(37-90(54)5)81-69(104)57-31-50(39-93(57)8)83-71(106)61-85-58(40-94(61)9)84-59(96)32-44(77-63(98)41-15-17-51(18-16-41)95(109)110)33-76-65(100)53-27-46(35-89(53)4)79-67(102)55-29-47(36-91(55)6)80-68(103)56-30-49(38-92(56)7)82-70(105)60-73-21-24-87(60)2/h10,13-18,21,24-31,34-40,44H,11-12,19-20,22-23,32-33H2,1-9H3,(H,74,97)(H,75,99)(H,76,100)(H,77,98)(H,78,101)(H,79,102)(H,80,103)(H,81,104)(H,82,105)(H,83,106)(H,84,96)(H,107,108)/t44-/m0/s1. The molecular formula is C72H79N23O15. The number of carboxylic acid groups (broad SMARTS) is 1. The Morgan fingerprint density at radius 3 is 1.26 bits per heavy atom. The molecule has 0 saturated carbocycles. The quantitative estimate of drug-likeness (QED) is 0.0154. The van der Waals surface area contributed by atoms with Crippen LogP contribution in [0.1, 0.15) is 135 Å². The smallest absolute Gasteiger partial charge is 0.335 e. The maximum absolute atomic E-state index is 13.8. The zero-order valence-corrected chi connectivity index (χ0v) is 61.0. The van der Waals surface area contributed by atoms with Crippen molar-refractivity contribution in [3.63, 3.8) is 0 Å². The van der Waals surface area contributed by atoms with Crippen molar-refractivity contribution in [1.29, 1.82) is 0 Å². The van der Waals surface area contributed by atoms with E-state index >= 15 is 0 Å². The lowest BCUT2D eigenvalue weighted by Crippen LogP contribution is -2.45. The predicted molar refractivity (Wildman–Crippen MR) is 401 cm³/mol. The van der Waals surface area contributed by atoms with Crippen molar-refractivity contribution in [2.75, 3.05) is 77.0 Å². The van der Waals surface area contributed by atoms with Gasteiger partial charge < -0.3 is 105 Å². The van der Waals surface area contributed by atoms with Crippen LogP contribution in [0.5, 0.6) is 0 Å². The molecule has 0 fully saturated rings. The van der Waals surface area contributed by atoms with Crippen molar-refractivity contribution in [2.24, 2.45) is 56.4 Å². The second-order valence-electron chi connectivity index (χ2n) is 25.8. The average Bonchev–Trinajstić information content (AvgIpc) is 1.67. The molecule has 10 aromatic rings. The fraction of sp³-hybridized carbons (Fsp3) is 0.250. The third-order valence-corrected chi connectivity index (χ3v) is 17.3. The second kappa shape index (κ2) is 34.2. The molecule has 0 saturated heterocycles. The summed E-state index contributed by atoms with van der Waals surface area (Å²) in [7, 11) is 14.7. The van der Waals surface area contributed by atoms with Crippen LogP contribution in [-0.4, -0.2) is 178 Å². The number of hydrogen-bond acceptors (Lipinski definition) is 17. The third kappa shape index (κ3) is 19.5. The van der Waals surface area contributed by atoms with Crippen molar-refractivity contribution < 1.29 is 67.6 Å². The second-order valence-corrected chi connectivity index (χ2v) is 25.8. The molecule has 572 valence electrons. The summed E-state index contributed by atoms with van der Waals surface area (Å²) in [5, 5.41) is 50.7. The first-order chi connectivity index (χ1) is 52.3. The lowest BCUT2D eigenvalue weighted by Gasteiger charge is -2.19. The summed E-state index contributed by atoms with van der Waals surface area (Å²) in [5.74, 6) is -7.57. The molecule has 0 aliphatic carbocycles. The highest BCUT2D eigenvalue weighted by Crippen LogP contribution is 2.24. The summed E-state index contributed by atoms with van der Waals surface area (Å²) in [6.45, 7) is 1.71. The summed E-state index contributed by atoms with van der Waals surface area (Å²) in [4.78, 5) is 180. The van der Waals surface area contributed by atoms with E-state index in [0.29, 0.717) is 56.1 Å². The fourth-order valence-electron chi connectivity index (χ4n) is 11.7. The van der Waals surface area contributed by atoms with Crippen LogP contribution in [0.25, 0.3) is 0 Å². The molecular weight excluding hydrogens is 1430 g/mol. The monoisotopic (exact) mass is 1510 g/mol. The Morgan fingerprint density at radius 1 is 0.445 bits per heavy atom. The number of carboxylic acids is 1. The van der Waals surface area contributed by atoms with E-state index in [0.717, 1.165) is 12.1 Å². The number of nitro benzene ring substituents is 1. The number of amides is 11. The Bertz CT molecular complexity index is 5250. The van der Waals surface area contributed by atoms with Gasteiger partial charge >= 0.3 is 5.97 Å². The predicted octanol–water partition coefficient (Wildman–Crippen LogP) is 4.73. The van der Waals surface area contributed by atoms with Gasteiger partial charge in [-0.3, -0.25) is 62.9 Å². The van der Waals surface area contributed by atoms with Gasteiger partial charge in [-0.25, -0.2) is 14.8 Å². The number of aromatic nitrogens is 10. The van der Waals surface area contributed by atoms with Gasteiger partial charge in [0.15, 0.2) is 11.6 Å². The summed E-state index contributed by atoms with van der Waals surface area (Å²) in [6.07, 6.45) is 14.4.